The van der Waals surface area contributed by atoms with Crippen LogP contribution in [0.4, 0.5) is 4.79 Å². The van der Waals surface area contributed by atoms with Crippen LogP contribution in [0.1, 0.15) is 54.4 Å². The van der Waals surface area contributed by atoms with Crippen molar-refractivity contribution in [3.05, 3.63) is 60.7 Å². The minimum atomic E-state index is -2.92. The van der Waals surface area contributed by atoms with Crippen molar-refractivity contribution in [3.63, 3.8) is 0 Å². The first-order chi connectivity index (χ1) is 17.1. The van der Waals surface area contributed by atoms with Gasteiger partial charge in [-0.15, -0.1) is 0 Å². The predicted molar refractivity (Wildman–Crippen MR) is 159 cm³/mol. The number of carbonyl (C=O) groups is 2. The van der Waals surface area contributed by atoms with E-state index in [0.29, 0.717) is 6.42 Å². The second kappa shape index (κ2) is 12.5. The smallest absolute Gasteiger partial charge is 0.408 e. The van der Waals surface area contributed by atoms with E-state index in [1.807, 2.05) is 57.2 Å². The van der Waals surface area contributed by atoms with Crippen LogP contribution in [0.15, 0.2) is 60.7 Å². The maximum absolute atomic E-state index is 12.7. The molecule has 2 aromatic carbocycles. The number of hydrogen-bond acceptors (Lipinski definition) is 4. The Bertz CT molecular complexity index is 953. The van der Waals surface area contributed by atoms with Crippen LogP contribution in [0.3, 0.4) is 0 Å². The van der Waals surface area contributed by atoms with Gasteiger partial charge in [-0.25, -0.2) is 4.79 Å². The molecule has 1 amide bonds. The summed E-state index contributed by atoms with van der Waals surface area (Å²) in [4.78, 5) is 25.2. The largest absolute Gasteiger partial charge is 0.444 e. The van der Waals surface area contributed by atoms with Crippen molar-refractivity contribution >= 4 is 39.1 Å². The zero-order valence-electron chi connectivity index (χ0n) is 24.3. The number of benzene rings is 2. The molecule has 7 heteroatoms. The van der Waals surface area contributed by atoms with Crippen LogP contribution in [-0.4, -0.2) is 46.5 Å². The highest BCUT2D eigenvalue weighted by Crippen LogP contribution is 2.38. The molecule has 0 fully saturated rings. The molecule has 0 heterocycles. The first-order valence-corrected chi connectivity index (χ1v) is 18.9. The number of nitrogens with one attached hydrogen (secondary N) is 1. The molecule has 0 aliphatic carbocycles. The predicted octanol–water partition coefficient (Wildman–Crippen LogP) is 6.14. The van der Waals surface area contributed by atoms with Crippen molar-refractivity contribution in [1.82, 2.24) is 5.32 Å². The van der Waals surface area contributed by atoms with Gasteiger partial charge < -0.3 is 19.3 Å². The van der Waals surface area contributed by atoms with Gasteiger partial charge in [-0.2, -0.15) is 0 Å². The van der Waals surface area contributed by atoms with Gasteiger partial charge in [0.15, 0.2) is 0 Å². The average Bonchev–Trinajstić information content (AvgIpc) is 2.78. The van der Waals surface area contributed by atoms with Gasteiger partial charge in [-0.1, -0.05) is 114 Å². The van der Waals surface area contributed by atoms with Crippen molar-refractivity contribution in [2.45, 2.75) is 103 Å². The number of rotatable bonds is 11. The second-order valence-corrected chi connectivity index (χ2v) is 23.0. The standard InChI is InChI=1S/C30H47NO4Si2/c1-29(2,3)34-28(33)31-26(23-32)27(21-16-22-36(7,8)9)35-37(30(4,5)6,24-17-12-10-13-18-24)25-19-14-11-15-20-25/h10-15,17-20,23,26-27H,16,21-22H2,1-9H3,(H,31,33)/t26-,27+/m0/s1. The lowest BCUT2D eigenvalue weighted by atomic mass is 10.1. The third-order valence-electron chi connectivity index (χ3n) is 6.39. The Morgan fingerprint density at radius 1 is 0.892 bits per heavy atom. The summed E-state index contributed by atoms with van der Waals surface area (Å²) < 4.78 is 12.8. The van der Waals surface area contributed by atoms with E-state index in [4.69, 9.17) is 9.16 Å². The number of aldehydes is 1. The highest BCUT2D eigenvalue weighted by Gasteiger charge is 2.52. The van der Waals surface area contributed by atoms with Gasteiger partial charge in [0.05, 0.1) is 6.10 Å². The van der Waals surface area contributed by atoms with Crippen LogP contribution in [0, 0.1) is 0 Å². The van der Waals surface area contributed by atoms with Gasteiger partial charge in [0.2, 0.25) is 0 Å². The molecular weight excluding hydrogens is 495 g/mol. The molecule has 0 saturated carbocycles. The van der Waals surface area contributed by atoms with Crippen molar-refractivity contribution in [1.29, 1.82) is 0 Å². The van der Waals surface area contributed by atoms with Gasteiger partial charge in [0.25, 0.3) is 8.32 Å². The fourth-order valence-corrected chi connectivity index (χ4v) is 10.7. The lowest BCUT2D eigenvalue weighted by Gasteiger charge is -2.46. The molecule has 0 aromatic heterocycles. The molecule has 37 heavy (non-hydrogen) atoms. The monoisotopic (exact) mass is 541 g/mol. The van der Waals surface area contributed by atoms with E-state index in [1.54, 1.807) is 0 Å². The third kappa shape index (κ3) is 8.94. The molecular formula is C30H47NO4Si2. The summed E-state index contributed by atoms with van der Waals surface area (Å²) in [6.45, 7) is 19.1. The summed E-state index contributed by atoms with van der Waals surface area (Å²) in [5, 5.41) is 4.87. The second-order valence-electron chi connectivity index (χ2n) is 13.1. The maximum Gasteiger partial charge on any atom is 0.408 e. The minimum absolute atomic E-state index is 0.244. The minimum Gasteiger partial charge on any atom is -0.444 e. The summed E-state index contributed by atoms with van der Waals surface area (Å²) >= 11 is 0. The van der Waals surface area contributed by atoms with Gasteiger partial charge in [-0.05, 0) is 42.6 Å². The molecule has 2 aromatic rings. The normalized spacial score (nSPS) is 14.5. The Morgan fingerprint density at radius 2 is 1.38 bits per heavy atom. The summed E-state index contributed by atoms with van der Waals surface area (Å²) in [5.74, 6) is 0. The molecule has 1 N–H and O–H groups in total. The van der Waals surface area contributed by atoms with Gasteiger partial charge in [-0.3, -0.25) is 0 Å². The van der Waals surface area contributed by atoms with E-state index in [9.17, 15) is 9.59 Å². The lowest BCUT2D eigenvalue weighted by molar-refractivity contribution is -0.111. The summed E-state index contributed by atoms with van der Waals surface area (Å²) in [7, 11) is -4.23. The number of amides is 1. The number of carbonyl (C=O) groups excluding carboxylic acids is 2. The highest BCUT2D eigenvalue weighted by atomic mass is 28.4. The number of ether oxygens (including phenoxy) is 1. The first-order valence-electron chi connectivity index (χ1n) is 13.3. The molecule has 204 valence electrons. The zero-order chi connectivity index (χ0) is 27.9. The molecule has 0 aliphatic heterocycles. The van der Waals surface area contributed by atoms with Crippen LogP contribution < -0.4 is 15.7 Å². The van der Waals surface area contributed by atoms with Crippen molar-refractivity contribution in [3.8, 4) is 0 Å². The first kappa shape index (κ1) is 31.0. The summed E-state index contributed by atoms with van der Waals surface area (Å²) in [5.41, 5.74) is -0.663. The van der Waals surface area contributed by atoms with E-state index in [1.165, 1.54) is 0 Å². The van der Waals surface area contributed by atoms with Crippen LogP contribution in [0.5, 0.6) is 0 Å². The molecule has 2 rings (SSSR count). The van der Waals surface area contributed by atoms with Gasteiger partial charge in [0.1, 0.15) is 17.9 Å². The Balaban J connectivity index is 2.60. The Kier molecular flexibility index (Phi) is 10.5. The fraction of sp³-hybridized carbons (Fsp3) is 0.533. The Morgan fingerprint density at radius 3 is 1.76 bits per heavy atom. The van der Waals surface area contributed by atoms with Crippen LogP contribution >= 0.6 is 0 Å². The van der Waals surface area contributed by atoms with Crippen molar-refractivity contribution in [2.75, 3.05) is 0 Å². The summed E-state index contributed by atoms with van der Waals surface area (Å²) in [6, 6.07) is 21.1. The van der Waals surface area contributed by atoms with E-state index >= 15 is 0 Å². The Labute approximate surface area is 226 Å². The van der Waals surface area contributed by atoms with Gasteiger partial charge >= 0.3 is 6.09 Å². The van der Waals surface area contributed by atoms with Crippen LogP contribution in [0.2, 0.25) is 30.7 Å². The molecule has 0 radical (unpaired) electrons. The van der Waals surface area contributed by atoms with Crippen LogP contribution in [-0.2, 0) is 14.0 Å². The maximum atomic E-state index is 12.7. The quantitative estimate of drug-likeness (QED) is 0.274. The molecule has 0 bridgehead atoms. The number of hydrogen-bond donors (Lipinski definition) is 1. The van der Waals surface area contributed by atoms with E-state index in [2.05, 4.69) is 70.0 Å². The number of alkyl carbamates (subject to hydrolysis) is 1. The van der Waals surface area contributed by atoms with Gasteiger partial charge in [0, 0.05) is 8.07 Å². The summed E-state index contributed by atoms with van der Waals surface area (Å²) in [6.07, 6.45) is 1.31. The Hall–Kier alpha value is -2.23. The van der Waals surface area contributed by atoms with Crippen molar-refractivity contribution in [2.24, 2.45) is 0 Å². The lowest BCUT2D eigenvalue weighted by Crippen LogP contribution is -2.69. The molecule has 0 aliphatic rings. The SMILES string of the molecule is CC(C)(C)OC(=O)N[C@@H](C=O)[C@@H](CCC[Si](C)(C)C)O[Si](c1ccccc1)(c1ccccc1)C(C)(C)C. The van der Waals surface area contributed by atoms with E-state index < -0.39 is 40.2 Å². The molecule has 2 atom stereocenters. The van der Waals surface area contributed by atoms with E-state index in [-0.39, 0.29) is 5.04 Å². The fourth-order valence-electron chi connectivity index (χ4n) is 4.72. The zero-order valence-corrected chi connectivity index (χ0v) is 26.3. The molecule has 0 spiro atoms. The highest BCUT2D eigenvalue weighted by molar-refractivity contribution is 6.99. The molecule has 5 nitrogen and oxygen atoms in total. The third-order valence-corrected chi connectivity index (χ3v) is 13.3. The molecule has 0 saturated heterocycles. The molecule has 0 unspecified atom stereocenters. The van der Waals surface area contributed by atoms with Crippen LogP contribution in [0.25, 0.3) is 0 Å². The average molecular weight is 542 g/mol. The topological polar surface area (TPSA) is 64.6 Å². The van der Waals surface area contributed by atoms with E-state index in [0.717, 1.165) is 29.1 Å². The van der Waals surface area contributed by atoms with Crippen molar-refractivity contribution < 1.29 is 18.8 Å².